The number of anilines is 2. The highest BCUT2D eigenvalue weighted by Gasteiger charge is 2.25. The van der Waals surface area contributed by atoms with E-state index in [9.17, 15) is 10.2 Å². The first kappa shape index (κ1) is 27.1. The molecule has 39 heavy (non-hydrogen) atoms. The third-order valence-corrected chi connectivity index (χ3v) is 7.37. The predicted octanol–water partition coefficient (Wildman–Crippen LogP) is 3.04. The number of methoxy groups -OCH3 is 1. The van der Waals surface area contributed by atoms with Gasteiger partial charge in [0, 0.05) is 30.1 Å². The van der Waals surface area contributed by atoms with Crippen molar-refractivity contribution in [2.45, 2.75) is 57.5 Å². The molecule has 10 nitrogen and oxygen atoms in total. The van der Waals surface area contributed by atoms with E-state index in [1.807, 2.05) is 30.3 Å². The molecule has 1 aliphatic rings. The van der Waals surface area contributed by atoms with E-state index >= 15 is 0 Å². The van der Waals surface area contributed by atoms with Gasteiger partial charge in [-0.05, 0) is 36.6 Å². The van der Waals surface area contributed by atoms with Gasteiger partial charge in [0.05, 0.1) is 44.5 Å². The lowest BCUT2D eigenvalue weighted by molar-refractivity contribution is 0.122. The predicted molar refractivity (Wildman–Crippen MR) is 153 cm³/mol. The Balaban J connectivity index is 1.56. The van der Waals surface area contributed by atoms with Crippen molar-refractivity contribution in [2.75, 3.05) is 38.0 Å². The van der Waals surface area contributed by atoms with Gasteiger partial charge >= 0.3 is 0 Å². The van der Waals surface area contributed by atoms with Crippen LogP contribution in [0.15, 0.2) is 42.5 Å². The molecule has 5 rings (SSSR count). The molecule has 0 amide bonds. The van der Waals surface area contributed by atoms with Crippen molar-refractivity contribution in [3.8, 4) is 5.75 Å². The number of para-hydroxylation sites is 1. The number of nitrogens with two attached hydrogens (primary N) is 1. The third kappa shape index (κ3) is 5.79. The van der Waals surface area contributed by atoms with Crippen LogP contribution in [0, 0.1) is 0 Å². The van der Waals surface area contributed by atoms with E-state index in [4.69, 9.17) is 15.2 Å². The fourth-order valence-corrected chi connectivity index (χ4v) is 5.42. The second-order valence-electron chi connectivity index (χ2n) is 10.1. The molecule has 0 spiro atoms. The molecule has 6 N–H and O–H groups in total. The number of hydrogen-bond donors (Lipinski definition) is 5. The summed E-state index contributed by atoms with van der Waals surface area (Å²) in [5, 5.41) is 27.7. The smallest absolute Gasteiger partial charge is 0.222 e. The first-order valence-electron chi connectivity index (χ1n) is 13.6. The Morgan fingerprint density at radius 3 is 2.77 bits per heavy atom. The Morgan fingerprint density at radius 2 is 2.03 bits per heavy atom. The largest absolute Gasteiger partial charge is 0.496 e. The number of nitrogen functional groups attached to an aromatic ring is 1. The second-order valence-corrected chi connectivity index (χ2v) is 10.1. The molecule has 0 bridgehead atoms. The molecule has 4 aromatic rings. The molecular formula is C29H38N6O4. The molecule has 208 valence electrons. The highest BCUT2D eigenvalue weighted by atomic mass is 16.5. The van der Waals surface area contributed by atoms with E-state index in [1.165, 1.54) is 0 Å². The highest BCUT2D eigenvalue weighted by molar-refractivity contribution is 6.09. The van der Waals surface area contributed by atoms with Gasteiger partial charge in [0.15, 0.2) is 5.82 Å². The molecule has 0 unspecified atom stereocenters. The average molecular weight is 535 g/mol. The molecule has 1 aliphatic heterocycles. The molecule has 1 saturated heterocycles. The standard InChI is InChI=1S/C29H38N6O4/c1-3-6-20(11-12-36)32-28-27-26(33-29(30)34-28)21-7-4-5-8-23(21)35(27)15-19-13-18(9-10-25(19)38-2)14-31-22-16-39-17-24(22)37/h4-5,7-10,13,20,22,24,31,36-37H,3,6,11-12,14-17H2,1-2H3,(H3,30,32,33,34)/t20-,22+,24+/m0/s1. The molecular weight excluding hydrogens is 496 g/mol. The van der Waals surface area contributed by atoms with Crippen molar-refractivity contribution in [1.29, 1.82) is 0 Å². The summed E-state index contributed by atoms with van der Waals surface area (Å²) in [6.45, 7) is 4.20. The Bertz CT molecular complexity index is 1420. The third-order valence-electron chi connectivity index (χ3n) is 7.37. The van der Waals surface area contributed by atoms with Gasteiger partial charge in [-0.3, -0.25) is 0 Å². The van der Waals surface area contributed by atoms with E-state index in [1.54, 1.807) is 7.11 Å². The highest BCUT2D eigenvalue weighted by Crippen LogP contribution is 2.34. The number of hydrogen-bond acceptors (Lipinski definition) is 9. The first-order chi connectivity index (χ1) is 19.0. The zero-order valence-corrected chi connectivity index (χ0v) is 22.6. The van der Waals surface area contributed by atoms with Gasteiger partial charge in [0.2, 0.25) is 5.95 Å². The molecule has 3 atom stereocenters. The fourth-order valence-electron chi connectivity index (χ4n) is 5.42. The zero-order valence-electron chi connectivity index (χ0n) is 22.6. The van der Waals surface area contributed by atoms with Gasteiger partial charge in [-0.25, -0.2) is 4.98 Å². The number of aromatic nitrogens is 3. The van der Waals surface area contributed by atoms with Crippen molar-refractivity contribution >= 4 is 33.7 Å². The molecule has 0 aliphatic carbocycles. The molecule has 10 heteroatoms. The minimum absolute atomic E-state index is 0.0582. The van der Waals surface area contributed by atoms with Gasteiger partial charge in [-0.2, -0.15) is 4.98 Å². The fraction of sp³-hybridized carbons (Fsp3) is 0.448. The van der Waals surface area contributed by atoms with Crippen LogP contribution in [0.3, 0.4) is 0 Å². The minimum atomic E-state index is -0.499. The van der Waals surface area contributed by atoms with Gasteiger partial charge in [0.25, 0.3) is 0 Å². The summed E-state index contributed by atoms with van der Waals surface area (Å²) < 4.78 is 13.3. The number of fused-ring (bicyclic) bond motifs is 3. The normalized spacial score (nSPS) is 18.2. The summed E-state index contributed by atoms with van der Waals surface area (Å²) in [7, 11) is 1.68. The van der Waals surface area contributed by atoms with Crippen LogP contribution in [0.1, 0.15) is 37.3 Å². The van der Waals surface area contributed by atoms with Gasteiger partial charge in [0.1, 0.15) is 16.8 Å². The Labute approximate surface area is 228 Å². The summed E-state index contributed by atoms with van der Waals surface area (Å²) >= 11 is 0. The summed E-state index contributed by atoms with van der Waals surface area (Å²) in [4.78, 5) is 9.27. The van der Waals surface area contributed by atoms with Crippen molar-refractivity contribution in [3.63, 3.8) is 0 Å². The molecule has 1 fully saturated rings. The van der Waals surface area contributed by atoms with Crippen LogP contribution in [-0.2, 0) is 17.8 Å². The van der Waals surface area contributed by atoms with Crippen LogP contribution in [-0.4, -0.2) is 69.9 Å². The molecule has 2 aromatic carbocycles. The summed E-state index contributed by atoms with van der Waals surface area (Å²) in [5.74, 6) is 1.65. The maximum Gasteiger partial charge on any atom is 0.222 e. The quantitative estimate of drug-likeness (QED) is 0.186. The van der Waals surface area contributed by atoms with Crippen LogP contribution >= 0.6 is 0 Å². The number of benzene rings is 2. The van der Waals surface area contributed by atoms with E-state index in [0.29, 0.717) is 38.5 Å². The topological polar surface area (TPSA) is 140 Å². The van der Waals surface area contributed by atoms with E-state index in [2.05, 4.69) is 44.2 Å². The molecule has 2 aromatic heterocycles. The van der Waals surface area contributed by atoms with Crippen LogP contribution in [0.5, 0.6) is 5.75 Å². The van der Waals surface area contributed by atoms with Crippen molar-refractivity contribution in [3.05, 3.63) is 53.6 Å². The molecule has 0 radical (unpaired) electrons. The van der Waals surface area contributed by atoms with Crippen LogP contribution in [0.25, 0.3) is 21.9 Å². The van der Waals surface area contributed by atoms with E-state index < -0.39 is 6.10 Å². The lowest BCUT2D eigenvalue weighted by Crippen LogP contribution is -2.38. The second kappa shape index (κ2) is 12.2. The Morgan fingerprint density at radius 1 is 1.18 bits per heavy atom. The first-order valence-corrected chi connectivity index (χ1v) is 13.6. The minimum Gasteiger partial charge on any atom is -0.496 e. The molecule has 3 heterocycles. The summed E-state index contributed by atoms with van der Waals surface area (Å²) in [6.07, 6.45) is 1.99. The molecule has 0 saturated carbocycles. The van der Waals surface area contributed by atoms with Crippen molar-refractivity contribution in [2.24, 2.45) is 0 Å². The number of aliphatic hydroxyl groups is 2. The zero-order chi connectivity index (χ0) is 27.4. The van der Waals surface area contributed by atoms with Crippen LogP contribution < -0.4 is 21.1 Å². The van der Waals surface area contributed by atoms with Crippen molar-refractivity contribution in [1.82, 2.24) is 19.9 Å². The number of rotatable bonds is 12. The maximum atomic E-state index is 10.1. The van der Waals surface area contributed by atoms with Crippen molar-refractivity contribution < 1.29 is 19.7 Å². The van der Waals surface area contributed by atoms with Crippen LogP contribution in [0.2, 0.25) is 0 Å². The Kier molecular flexibility index (Phi) is 8.47. The van der Waals surface area contributed by atoms with Gasteiger partial charge in [-0.15, -0.1) is 0 Å². The maximum absolute atomic E-state index is 10.1. The summed E-state index contributed by atoms with van der Waals surface area (Å²) in [5.41, 5.74) is 10.9. The van der Waals surface area contributed by atoms with E-state index in [-0.39, 0.29) is 24.6 Å². The number of ether oxygens (including phenoxy) is 2. The van der Waals surface area contributed by atoms with Gasteiger partial charge < -0.3 is 40.6 Å². The van der Waals surface area contributed by atoms with Gasteiger partial charge in [-0.1, -0.05) is 37.6 Å². The summed E-state index contributed by atoms with van der Waals surface area (Å²) in [6, 6.07) is 14.3. The lowest BCUT2D eigenvalue weighted by Gasteiger charge is -2.20. The number of nitrogens with zero attached hydrogens (tertiary/aromatic N) is 3. The SMILES string of the molecule is CCC[C@@H](CCO)Nc1nc(N)nc2c3ccccc3n(Cc3cc(CN[C@@H]4COC[C@H]4O)ccc3OC)c12. The lowest BCUT2D eigenvalue weighted by atomic mass is 10.1. The number of aliphatic hydroxyl groups excluding tert-OH is 2. The average Bonchev–Trinajstić information content (AvgIpc) is 3.48. The monoisotopic (exact) mass is 534 g/mol. The number of nitrogens with one attached hydrogen (secondary N) is 2. The Hall–Kier alpha value is -3.44. The van der Waals surface area contributed by atoms with Crippen LogP contribution in [0.4, 0.5) is 11.8 Å². The van der Waals surface area contributed by atoms with E-state index in [0.717, 1.165) is 51.7 Å².